The highest BCUT2D eigenvalue weighted by Gasteiger charge is 2.36. The van der Waals surface area contributed by atoms with Crippen molar-refractivity contribution in [3.63, 3.8) is 0 Å². The number of benzene rings is 2. The van der Waals surface area contributed by atoms with Gasteiger partial charge in [-0.15, -0.1) is 0 Å². The molecule has 3 aromatic rings. The summed E-state index contributed by atoms with van der Waals surface area (Å²) in [5, 5.41) is 10.3. The maximum atomic E-state index is 13.5. The number of aromatic amines is 1. The molecule has 1 aliphatic rings. The van der Waals surface area contributed by atoms with Gasteiger partial charge in [-0.05, 0) is 25.1 Å². The quantitative estimate of drug-likeness (QED) is 0.640. The number of nitrogens with one attached hydrogen (secondary N) is 1. The van der Waals surface area contributed by atoms with Crippen LogP contribution in [-0.4, -0.2) is 38.4 Å². The van der Waals surface area contributed by atoms with Gasteiger partial charge in [-0.3, -0.25) is 4.79 Å². The summed E-state index contributed by atoms with van der Waals surface area (Å²) in [6.07, 6.45) is 2.13. The number of imidazole rings is 1. The third-order valence-electron chi connectivity index (χ3n) is 5.10. The van der Waals surface area contributed by atoms with Crippen molar-refractivity contribution in [2.45, 2.75) is 19.4 Å². The van der Waals surface area contributed by atoms with Gasteiger partial charge in [0.2, 0.25) is 0 Å². The Kier molecular flexibility index (Phi) is 5.06. The number of H-pyrrole nitrogens is 1. The fourth-order valence-corrected chi connectivity index (χ4v) is 4.14. The summed E-state index contributed by atoms with van der Waals surface area (Å²) in [6, 6.07) is 9.49. The summed E-state index contributed by atoms with van der Waals surface area (Å²) in [5.74, 6) is -1.53. The molecule has 1 atom stereocenters. The molecule has 0 saturated heterocycles. The van der Waals surface area contributed by atoms with Gasteiger partial charge in [0.1, 0.15) is 6.04 Å². The Morgan fingerprint density at radius 1 is 1.21 bits per heavy atom. The fraction of sp³-hybridized carbons (Fsp3) is 0.190. The number of carbonyl (C=O) groups excluding carboxylic acids is 1. The van der Waals surface area contributed by atoms with Gasteiger partial charge in [0.25, 0.3) is 5.91 Å². The highest BCUT2D eigenvalue weighted by molar-refractivity contribution is 6.42. The molecule has 0 aliphatic carbocycles. The molecule has 148 valence electrons. The number of hydrogen-bond donors (Lipinski definition) is 2. The largest absolute Gasteiger partial charge is 0.478 e. The number of aromatic carboxylic acids is 1. The molecule has 1 aromatic heterocycles. The van der Waals surface area contributed by atoms with Gasteiger partial charge in [-0.1, -0.05) is 47.0 Å². The number of carbonyl (C=O) groups is 2. The van der Waals surface area contributed by atoms with E-state index in [1.807, 2.05) is 6.07 Å². The molecule has 1 unspecified atom stereocenters. The summed E-state index contributed by atoms with van der Waals surface area (Å²) in [5.41, 5.74) is 3.12. The Morgan fingerprint density at radius 3 is 2.76 bits per heavy atom. The van der Waals surface area contributed by atoms with Gasteiger partial charge in [-0.2, -0.15) is 0 Å². The van der Waals surface area contributed by atoms with Crippen LogP contribution in [0.15, 0.2) is 42.7 Å². The van der Waals surface area contributed by atoms with Gasteiger partial charge in [0, 0.05) is 18.5 Å². The number of rotatable bonds is 3. The molecule has 0 bridgehead atoms. The molecular weight excluding hydrogens is 413 g/mol. The van der Waals surface area contributed by atoms with E-state index in [0.29, 0.717) is 28.6 Å². The molecule has 0 spiro atoms. The molecule has 2 heterocycles. The third-order valence-corrected chi connectivity index (χ3v) is 5.93. The van der Waals surface area contributed by atoms with E-state index in [1.165, 1.54) is 6.07 Å². The lowest BCUT2D eigenvalue weighted by molar-refractivity contribution is 0.0651. The van der Waals surface area contributed by atoms with E-state index < -0.39 is 12.0 Å². The number of hydrogen-bond acceptors (Lipinski definition) is 3. The average molecular weight is 430 g/mol. The number of carboxylic acids is 1. The van der Waals surface area contributed by atoms with Gasteiger partial charge in [-0.25, -0.2) is 9.78 Å². The SMILES string of the molecule is Cc1ccc(C(=O)N2CCc3nc[nH]c3C2c2cccc(Cl)c2Cl)c(C(=O)O)c1. The Hall–Kier alpha value is -2.83. The van der Waals surface area contributed by atoms with E-state index in [0.717, 1.165) is 17.0 Å². The maximum Gasteiger partial charge on any atom is 0.336 e. The van der Waals surface area contributed by atoms with E-state index >= 15 is 0 Å². The minimum absolute atomic E-state index is 0.0265. The lowest BCUT2D eigenvalue weighted by Gasteiger charge is -2.36. The summed E-state index contributed by atoms with van der Waals surface area (Å²) < 4.78 is 0. The lowest BCUT2D eigenvalue weighted by Crippen LogP contribution is -2.41. The van der Waals surface area contributed by atoms with Gasteiger partial charge < -0.3 is 15.0 Å². The normalized spacial score (nSPS) is 15.8. The van der Waals surface area contributed by atoms with Crippen molar-refractivity contribution < 1.29 is 14.7 Å². The summed E-state index contributed by atoms with van der Waals surface area (Å²) in [7, 11) is 0. The van der Waals surface area contributed by atoms with Crippen LogP contribution in [0, 0.1) is 6.92 Å². The molecule has 29 heavy (non-hydrogen) atoms. The second kappa shape index (κ2) is 7.54. The van der Waals surface area contributed by atoms with Crippen molar-refractivity contribution in [3.8, 4) is 0 Å². The number of carboxylic acid groups (broad SMARTS) is 1. The smallest absolute Gasteiger partial charge is 0.336 e. The number of aromatic nitrogens is 2. The zero-order chi connectivity index (χ0) is 20.7. The second-order valence-corrected chi connectivity index (χ2v) is 7.70. The maximum absolute atomic E-state index is 13.5. The van der Waals surface area contributed by atoms with Gasteiger partial charge in [0.15, 0.2) is 0 Å². The molecule has 0 fully saturated rings. The predicted octanol–water partition coefficient (Wildman–Crippen LogP) is 4.51. The van der Waals surface area contributed by atoms with E-state index in [1.54, 1.807) is 42.4 Å². The van der Waals surface area contributed by atoms with Crippen LogP contribution in [0.4, 0.5) is 0 Å². The summed E-state index contributed by atoms with van der Waals surface area (Å²) in [6.45, 7) is 2.16. The van der Waals surface area contributed by atoms with Crippen molar-refractivity contribution in [1.29, 1.82) is 0 Å². The topological polar surface area (TPSA) is 86.3 Å². The molecule has 1 aliphatic heterocycles. The minimum Gasteiger partial charge on any atom is -0.478 e. The third kappa shape index (κ3) is 3.39. The summed E-state index contributed by atoms with van der Waals surface area (Å²) >= 11 is 12.7. The van der Waals surface area contributed by atoms with Crippen molar-refractivity contribution in [3.05, 3.63) is 86.4 Å². The Labute approximate surface area is 177 Å². The lowest BCUT2D eigenvalue weighted by atomic mass is 9.93. The Bertz CT molecular complexity index is 1130. The van der Waals surface area contributed by atoms with Crippen molar-refractivity contribution >= 4 is 35.1 Å². The molecule has 0 saturated carbocycles. The van der Waals surface area contributed by atoms with Crippen molar-refractivity contribution in [2.75, 3.05) is 6.54 Å². The number of amides is 1. The molecule has 2 N–H and O–H groups in total. The van der Waals surface area contributed by atoms with Gasteiger partial charge in [0.05, 0.1) is 38.9 Å². The standard InChI is InChI=1S/C21H17Cl2N3O3/c1-11-5-6-12(14(9-11)21(28)29)20(27)26-8-7-16-18(25-10-24-16)19(26)13-3-2-4-15(22)17(13)23/h2-6,9-10,19H,7-8H2,1H3,(H,24,25)(H,28,29). The van der Waals surface area contributed by atoms with Crippen LogP contribution in [-0.2, 0) is 6.42 Å². The number of fused-ring (bicyclic) bond motifs is 1. The van der Waals surface area contributed by atoms with Crippen LogP contribution in [0.2, 0.25) is 10.0 Å². The monoisotopic (exact) mass is 429 g/mol. The second-order valence-electron chi connectivity index (χ2n) is 6.91. The first kappa shape index (κ1) is 19.5. The zero-order valence-electron chi connectivity index (χ0n) is 15.4. The molecule has 6 nitrogen and oxygen atoms in total. The van der Waals surface area contributed by atoms with E-state index in [2.05, 4.69) is 9.97 Å². The highest BCUT2D eigenvalue weighted by atomic mass is 35.5. The van der Waals surface area contributed by atoms with E-state index in [-0.39, 0.29) is 17.0 Å². The van der Waals surface area contributed by atoms with Crippen LogP contribution in [0.25, 0.3) is 0 Å². The molecule has 8 heteroatoms. The molecule has 2 aromatic carbocycles. The van der Waals surface area contributed by atoms with Crippen LogP contribution in [0.3, 0.4) is 0 Å². The van der Waals surface area contributed by atoms with Crippen LogP contribution < -0.4 is 0 Å². The van der Waals surface area contributed by atoms with Crippen molar-refractivity contribution in [2.24, 2.45) is 0 Å². The predicted molar refractivity (Wildman–Crippen MR) is 110 cm³/mol. The first-order chi connectivity index (χ1) is 13.9. The van der Waals surface area contributed by atoms with Crippen molar-refractivity contribution in [1.82, 2.24) is 14.9 Å². The number of aryl methyl sites for hydroxylation is 1. The molecule has 0 radical (unpaired) electrons. The first-order valence-electron chi connectivity index (χ1n) is 8.99. The van der Waals surface area contributed by atoms with Gasteiger partial charge >= 0.3 is 5.97 Å². The highest BCUT2D eigenvalue weighted by Crippen LogP contribution is 2.40. The van der Waals surface area contributed by atoms with E-state index in [9.17, 15) is 14.7 Å². The number of halogens is 2. The average Bonchev–Trinajstić information content (AvgIpc) is 3.18. The minimum atomic E-state index is -1.14. The fourth-order valence-electron chi connectivity index (χ4n) is 3.73. The Morgan fingerprint density at radius 2 is 2.00 bits per heavy atom. The zero-order valence-corrected chi connectivity index (χ0v) is 17.0. The van der Waals surface area contributed by atoms with Crippen LogP contribution in [0.1, 0.15) is 49.3 Å². The molecule has 4 rings (SSSR count). The van der Waals surface area contributed by atoms with Crippen LogP contribution >= 0.6 is 23.2 Å². The van der Waals surface area contributed by atoms with Crippen LogP contribution in [0.5, 0.6) is 0 Å². The molecular formula is C21H17Cl2N3O3. The first-order valence-corrected chi connectivity index (χ1v) is 9.75. The summed E-state index contributed by atoms with van der Waals surface area (Å²) in [4.78, 5) is 34.3. The Balaban J connectivity index is 1.86. The van der Waals surface area contributed by atoms with E-state index in [4.69, 9.17) is 23.2 Å². The molecule has 1 amide bonds. The number of nitrogens with zero attached hydrogens (tertiary/aromatic N) is 2.